The second-order valence-electron chi connectivity index (χ2n) is 6.44. The average Bonchev–Trinajstić information content (AvgIpc) is 2.57. The van der Waals surface area contributed by atoms with Crippen LogP contribution in [-0.2, 0) is 16.0 Å². The van der Waals surface area contributed by atoms with E-state index in [4.69, 9.17) is 16.3 Å². The van der Waals surface area contributed by atoms with E-state index in [1.54, 1.807) is 50.2 Å². The highest BCUT2D eigenvalue weighted by atomic mass is 35.5. The first-order valence-corrected chi connectivity index (χ1v) is 8.40. The van der Waals surface area contributed by atoms with Gasteiger partial charge in [-0.2, -0.15) is 0 Å². The number of anilines is 2. The van der Waals surface area contributed by atoms with E-state index in [1.807, 2.05) is 6.07 Å². The third kappa shape index (κ3) is 4.12. The van der Waals surface area contributed by atoms with Crippen molar-refractivity contribution in [2.24, 2.45) is 0 Å². The van der Waals surface area contributed by atoms with E-state index in [0.717, 1.165) is 11.3 Å². The normalized spacial score (nSPS) is 13.6. The lowest BCUT2D eigenvalue weighted by Gasteiger charge is -2.26. The molecule has 5 nitrogen and oxygen atoms in total. The number of fused-ring (bicyclic) bond motifs is 1. The third-order valence-electron chi connectivity index (χ3n) is 3.99. The van der Waals surface area contributed by atoms with Crippen LogP contribution in [0.1, 0.15) is 25.8 Å². The Morgan fingerprint density at radius 1 is 1.16 bits per heavy atom. The monoisotopic (exact) mass is 358 g/mol. The number of hydrogen-bond acceptors (Lipinski definition) is 3. The Hall–Kier alpha value is -2.53. The van der Waals surface area contributed by atoms with Gasteiger partial charge in [-0.15, -0.1) is 0 Å². The van der Waals surface area contributed by atoms with Gasteiger partial charge >= 0.3 is 0 Å². The summed E-state index contributed by atoms with van der Waals surface area (Å²) in [5.41, 5.74) is 1.42. The highest BCUT2D eigenvalue weighted by molar-refractivity contribution is 6.30. The summed E-state index contributed by atoms with van der Waals surface area (Å²) in [5.74, 6) is 0.321. The van der Waals surface area contributed by atoms with Gasteiger partial charge in [0.25, 0.3) is 5.91 Å². The predicted molar refractivity (Wildman–Crippen MR) is 98.2 cm³/mol. The fourth-order valence-electron chi connectivity index (χ4n) is 2.59. The van der Waals surface area contributed by atoms with Gasteiger partial charge < -0.3 is 15.4 Å². The van der Waals surface area contributed by atoms with Gasteiger partial charge in [-0.05, 0) is 68.3 Å². The van der Waals surface area contributed by atoms with Crippen molar-refractivity contribution in [3.05, 3.63) is 53.1 Å². The zero-order chi connectivity index (χ0) is 18.0. The maximum absolute atomic E-state index is 12.6. The molecule has 0 radical (unpaired) electrons. The molecular weight excluding hydrogens is 340 g/mol. The van der Waals surface area contributed by atoms with Crippen LogP contribution in [0.2, 0.25) is 5.02 Å². The second-order valence-corrected chi connectivity index (χ2v) is 6.88. The maximum atomic E-state index is 12.6. The van der Waals surface area contributed by atoms with Crippen molar-refractivity contribution in [3.8, 4) is 5.75 Å². The molecule has 2 N–H and O–H groups in total. The Labute approximate surface area is 151 Å². The van der Waals surface area contributed by atoms with E-state index in [0.29, 0.717) is 29.3 Å². The van der Waals surface area contributed by atoms with E-state index in [2.05, 4.69) is 10.6 Å². The minimum Gasteiger partial charge on any atom is -0.478 e. The fourth-order valence-corrected chi connectivity index (χ4v) is 2.71. The largest absolute Gasteiger partial charge is 0.478 e. The lowest BCUT2D eigenvalue weighted by atomic mass is 10.0. The minimum atomic E-state index is -1.06. The molecule has 1 heterocycles. The van der Waals surface area contributed by atoms with Gasteiger partial charge in [-0.25, -0.2) is 0 Å². The number of hydrogen-bond donors (Lipinski definition) is 2. The molecule has 130 valence electrons. The van der Waals surface area contributed by atoms with Crippen LogP contribution < -0.4 is 15.4 Å². The van der Waals surface area contributed by atoms with Gasteiger partial charge in [0.2, 0.25) is 5.91 Å². The number of rotatable bonds is 4. The van der Waals surface area contributed by atoms with Crippen LogP contribution in [0.25, 0.3) is 0 Å². The summed E-state index contributed by atoms with van der Waals surface area (Å²) in [5, 5.41) is 6.30. The summed E-state index contributed by atoms with van der Waals surface area (Å²) in [7, 11) is 0. The highest BCUT2D eigenvalue weighted by Crippen LogP contribution is 2.27. The van der Waals surface area contributed by atoms with Crippen molar-refractivity contribution < 1.29 is 14.3 Å². The summed E-state index contributed by atoms with van der Waals surface area (Å²) < 4.78 is 5.79. The number of carbonyl (C=O) groups is 2. The summed E-state index contributed by atoms with van der Waals surface area (Å²) >= 11 is 5.86. The van der Waals surface area contributed by atoms with E-state index in [1.165, 1.54) is 0 Å². The zero-order valence-corrected chi connectivity index (χ0v) is 14.8. The first kappa shape index (κ1) is 17.3. The molecule has 0 aliphatic carbocycles. The van der Waals surface area contributed by atoms with Crippen molar-refractivity contribution >= 4 is 34.8 Å². The van der Waals surface area contributed by atoms with Gasteiger partial charge in [0.15, 0.2) is 5.60 Å². The van der Waals surface area contributed by atoms with Crippen molar-refractivity contribution in [2.75, 3.05) is 10.6 Å². The van der Waals surface area contributed by atoms with Crippen LogP contribution in [-0.4, -0.2) is 17.4 Å². The Morgan fingerprint density at radius 3 is 2.60 bits per heavy atom. The summed E-state index contributed by atoms with van der Waals surface area (Å²) in [6, 6.07) is 12.3. The van der Waals surface area contributed by atoms with E-state index >= 15 is 0 Å². The molecule has 0 atom stereocenters. The topological polar surface area (TPSA) is 67.4 Å². The first-order valence-electron chi connectivity index (χ1n) is 8.02. The highest BCUT2D eigenvalue weighted by Gasteiger charge is 2.30. The van der Waals surface area contributed by atoms with Crippen LogP contribution >= 0.6 is 11.6 Å². The number of aryl methyl sites for hydroxylation is 1. The standard InChI is InChI=1S/C19H19ClN2O3/c1-19(2,25-15-7-4-13(20)5-8-15)18(24)21-14-6-9-16-12(11-14)3-10-17(23)22-16/h4-9,11H,3,10H2,1-2H3,(H,21,24)(H,22,23). The summed E-state index contributed by atoms with van der Waals surface area (Å²) in [6.45, 7) is 3.41. The van der Waals surface area contributed by atoms with Crippen LogP contribution in [0.15, 0.2) is 42.5 Å². The molecule has 0 fully saturated rings. The van der Waals surface area contributed by atoms with E-state index < -0.39 is 5.60 Å². The molecule has 0 spiro atoms. The Morgan fingerprint density at radius 2 is 1.88 bits per heavy atom. The maximum Gasteiger partial charge on any atom is 0.267 e. The molecule has 1 aliphatic heterocycles. The average molecular weight is 359 g/mol. The smallest absolute Gasteiger partial charge is 0.267 e. The SMILES string of the molecule is CC(C)(Oc1ccc(Cl)cc1)C(=O)Nc1ccc2c(c1)CCC(=O)N2. The Balaban J connectivity index is 1.70. The van der Waals surface area contributed by atoms with Crippen molar-refractivity contribution in [1.82, 2.24) is 0 Å². The van der Waals surface area contributed by atoms with Gasteiger partial charge in [0.05, 0.1) is 0 Å². The van der Waals surface area contributed by atoms with Gasteiger partial charge in [0, 0.05) is 22.8 Å². The molecular formula is C19H19ClN2O3. The van der Waals surface area contributed by atoms with Crippen molar-refractivity contribution in [3.63, 3.8) is 0 Å². The number of amides is 2. The second kappa shape index (κ2) is 6.76. The molecule has 2 aromatic rings. The van der Waals surface area contributed by atoms with Crippen LogP contribution in [0.3, 0.4) is 0 Å². The van der Waals surface area contributed by atoms with Crippen LogP contribution in [0, 0.1) is 0 Å². The van der Waals surface area contributed by atoms with Gasteiger partial charge in [-0.1, -0.05) is 11.6 Å². The number of benzene rings is 2. The molecule has 0 bridgehead atoms. The Kier molecular flexibility index (Phi) is 4.68. The molecule has 0 aromatic heterocycles. The molecule has 2 aromatic carbocycles. The molecule has 6 heteroatoms. The van der Waals surface area contributed by atoms with E-state index in [9.17, 15) is 9.59 Å². The van der Waals surface area contributed by atoms with Crippen LogP contribution in [0.4, 0.5) is 11.4 Å². The molecule has 3 rings (SSSR count). The number of halogens is 1. The number of carbonyl (C=O) groups excluding carboxylic acids is 2. The summed E-state index contributed by atoms with van der Waals surface area (Å²) in [4.78, 5) is 24.0. The molecule has 0 unspecified atom stereocenters. The summed E-state index contributed by atoms with van der Waals surface area (Å²) in [6.07, 6.45) is 1.12. The number of ether oxygens (including phenoxy) is 1. The molecule has 0 saturated heterocycles. The van der Waals surface area contributed by atoms with Crippen LogP contribution in [0.5, 0.6) is 5.75 Å². The van der Waals surface area contributed by atoms with Crippen molar-refractivity contribution in [1.29, 1.82) is 0 Å². The quantitative estimate of drug-likeness (QED) is 0.867. The molecule has 0 saturated carbocycles. The molecule has 25 heavy (non-hydrogen) atoms. The lowest BCUT2D eigenvalue weighted by molar-refractivity contribution is -0.128. The van der Waals surface area contributed by atoms with Gasteiger partial charge in [0.1, 0.15) is 5.75 Å². The van der Waals surface area contributed by atoms with E-state index in [-0.39, 0.29) is 11.8 Å². The Bertz CT molecular complexity index is 816. The minimum absolute atomic E-state index is 0.0155. The van der Waals surface area contributed by atoms with Crippen molar-refractivity contribution in [2.45, 2.75) is 32.3 Å². The third-order valence-corrected chi connectivity index (χ3v) is 4.24. The fraction of sp³-hybridized carbons (Fsp3) is 0.263. The first-order chi connectivity index (χ1) is 11.8. The molecule has 2 amide bonds. The number of nitrogens with one attached hydrogen (secondary N) is 2. The zero-order valence-electron chi connectivity index (χ0n) is 14.1. The van der Waals surface area contributed by atoms with Gasteiger partial charge in [-0.3, -0.25) is 9.59 Å². The predicted octanol–water partition coefficient (Wildman–Crippen LogP) is 4.02. The molecule has 1 aliphatic rings. The lowest BCUT2D eigenvalue weighted by Crippen LogP contribution is -2.42.